The zero-order valence-electron chi connectivity index (χ0n) is 11.9. The third-order valence-electron chi connectivity index (χ3n) is 4.00. The maximum Gasteiger partial charge on any atom is 0.337 e. The van der Waals surface area contributed by atoms with Crippen molar-refractivity contribution < 1.29 is 18.3 Å². The lowest BCUT2D eigenvalue weighted by molar-refractivity contribution is 0.0692. The number of hydrogen-bond donors (Lipinski definition) is 2. The third-order valence-corrected chi connectivity index (χ3v) is 5.96. The lowest BCUT2D eigenvalue weighted by Gasteiger charge is -2.31. The summed E-state index contributed by atoms with van der Waals surface area (Å²) in [4.78, 5) is 11.1. The molecule has 1 saturated heterocycles. The average Bonchev–Trinajstić information content (AvgIpc) is 2.47. The van der Waals surface area contributed by atoms with Gasteiger partial charge in [-0.25, -0.2) is 13.2 Å². The number of carboxylic acid groups (broad SMARTS) is 1. The summed E-state index contributed by atoms with van der Waals surface area (Å²) in [6, 6.07) is 3.88. The maximum atomic E-state index is 12.6. The molecule has 2 rings (SSSR count). The molecule has 0 bridgehead atoms. The molecule has 116 valence electrons. The van der Waals surface area contributed by atoms with Crippen LogP contribution >= 0.6 is 0 Å². The van der Waals surface area contributed by atoms with Crippen molar-refractivity contribution >= 4 is 21.7 Å². The van der Waals surface area contributed by atoms with E-state index in [1.807, 2.05) is 0 Å². The predicted octanol–water partition coefficient (Wildman–Crippen LogP) is 1.78. The van der Waals surface area contributed by atoms with Crippen LogP contribution in [0.4, 0.5) is 5.69 Å². The fourth-order valence-electron chi connectivity index (χ4n) is 2.64. The summed E-state index contributed by atoms with van der Waals surface area (Å²) >= 11 is 0. The van der Waals surface area contributed by atoms with Crippen molar-refractivity contribution in [3.8, 4) is 0 Å². The Morgan fingerprint density at radius 3 is 2.52 bits per heavy atom. The highest BCUT2D eigenvalue weighted by molar-refractivity contribution is 7.89. The standard InChI is InChI=1S/C14H20N2O4S/c1-2-10-5-7-16(8-6-10)21(19,20)13-4-3-11(15)9-12(13)14(17)18/h3-4,9-10H,2,5-8,15H2,1H3,(H,17,18). The number of anilines is 1. The Labute approximate surface area is 124 Å². The van der Waals surface area contributed by atoms with E-state index in [1.54, 1.807) is 0 Å². The maximum absolute atomic E-state index is 12.6. The van der Waals surface area contributed by atoms with E-state index in [1.165, 1.54) is 22.5 Å². The second-order valence-electron chi connectivity index (χ2n) is 5.32. The first kappa shape index (κ1) is 15.8. The Balaban J connectivity index is 2.34. The molecule has 0 spiro atoms. The van der Waals surface area contributed by atoms with Crippen molar-refractivity contribution in [1.29, 1.82) is 0 Å². The Morgan fingerprint density at radius 1 is 1.38 bits per heavy atom. The SMILES string of the molecule is CCC1CCN(S(=O)(=O)c2ccc(N)cc2C(=O)O)CC1. The quantitative estimate of drug-likeness (QED) is 0.825. The molecule has 7 heteroatoms. The number of sulfonamides is 1. The average molecular weight is 312 g/mol. The molecular weight excluding hydrogens is 292 g/mol. The van der Waals surface area contributed by atoms with E-state index in [-0.39, 0.29) is 16.1 Å². The van der Waals surface area contributed by atoms with Gasteiger partial charge in [0.1, 0.15) is 0 Å². The highest BCUT2D eigenvalue weighted by Crippen LogP contribution is 2.28. The largest absolute Gasteiger partial charge is 0.478 e. The summed E-state index contributed by atoms with van der Waals surface area (Å²) in [5.41, 5.74) is 5.51. The molecule has 1 fully saturated rings. The summed E-state index contributed by atoms with van der Waals surface area (Å²) in [6.45, 7) is 2.96. The second kappa shape index (κ2) is 6.03. The van der Waals surface area contributed by atoms with Crippen LogP contribution in [0.15, 0.2) is 23.1 Å². The lowest BCUT2D eigenvalue weighted by Crippen LogP contribution is -2.38. The number of carboxylic acids is 1. The number of hydrogen-bond acceptors (Lipinski definition) is 4. The molecule has 21 heavy (non-hydrogen) atoms. The van der Waals surface area contributed by atoms with Crippen LogP contribution in [0.5, 0.6) is 0 Å². The minimum Gasteiger partial charge on any atom is -0.478 e. The third kappa shape index (κ3) is 3.19. The van der Waals surface area contributed by atoms with Crippen LogP contribution in [0.1, 0.15) is 36.5 Å². The summed E-state index contributed by atoms with van der Waals surface area (Å²) in [5.74, 6) is -0.744. The van der Waals surface area contributed by atoms with Gasteiger partial charge in [-0.2, -0.15) is 4.31 Å². The van der Waals surface area contributed by atoms with E-state index >= 15 is 0 Å². The first-order chi connectivity index (χ1) is 9.86. The van der Waals surface area contributed by atoms with E-state index in [0.29, 0.717) is 19.0 Å². The number of benzene rings is 1. The van der Waals surface area contributed by atoms with E-state index < -0.39 is 16.0 Å². The Hall–Kier alpha value is -1.60. The molecule has 0 amide bonds. The number of nitrogens with two attached hydrogens (primary N) is 1. The monoisotopic (exact) mass is 312 g/mol. The van der Waals surface area contributed by atoms with E-state index in [2.05, 4.69) is 6.92 Å². The Bertz CT molecular complexity index is 634. The first-order valence-corrected chi connectivity index (χ1v) is 8.43. The highest BCUT2D eigenvalue weighted by atomic mass is 32.2. The van der Waals surface area contributed by atoms with Crippen LogP contribution in [0, 0.1) is 5.92 Å². The molecule has 1 heterocycles. The number of nitrogens with zero attached hydrogens (tertiary/aromatic N) is 1. The van der Waals surface area contributed by atoms with Crippen LogP contribution in [-0.4, -0.2) is 36.9 Å². The smallest absolute Gasteiger partial charge is 0.337 e. The number of aromatic carboxylic acids is 1. The molecule has 0 atom stereocenters. The predicted molar refractivity (Wildman–Crippen MR) is 79.6 cm³/mol. The van der Waals surface area contributed by atoms with Gasteiger partial charge < -0.3 is 10.8 Å². The fourth-order valence-corrected chi connectivity index (χ4v) is 4.27. The van der Waals surface area contributed by atoms with Crippen molar-refractivity contribution in [1.82, 2.24) is 4.31 Å². The zero-order valence-corrected chi connectivity index (χ0v) is 12.8. The Kier molecular flexibility index (Phi) is 4.53. The van der Waals surface area contributed by atoms with Crippen molar-refractivity contribution in [3.05, 3.63) is 23.8 Å². The molecule has 1 aromatic rings. The molecule has 0 radical (unpaired) electrons. The molecular formula is C14H20N2O4S. The minimum atomic E-state index is -3.79. The topological polar surface area (TPSA) is 101 Å². The Morgan fingerprint density at radius 2 is 2.00 bits per heavy atom. The lowest BCUT2D eigenvalue weighted by atomic mass is 9.96. The molecule has 0 unspecified atom stereocenters. The number of rotatable bonds is 4. The molecule has 1 aromatic carbocycles. The second-order valence-corrected chi connectivity index (χ2v) is 7.22. The molecule has 1 aliphatic rings. The van der Waals surface area contributed by atoms with Crippen molar-refractivity contribution in [2.45, 2.75) is 31.1 Å². The van der Waals surface area contributed by atoms with E-state index in [9.17, 15) is 18.3 Å². The van der Waals surface area contributed by atoms with Gasteiger partial charge in [0.25, 0.3) is 0 Å². The summed E-state index contributed by atoms with van der Waals surface area (Å²) in [6.07, 6.45) is 2.66. The molecule has 0 aromatic heterocycles. The van der Waals surface area contributed by atoms with Crippen molar-refractivity contribution in [3.63, 3.8) is 0 Å². The number of nitrogen functional groups attached to an aromatic ring is 1. The molecule has 3 N–H and O–H groups in total. The van der Waals surface area contributed by atoms with Gasteiger partial charge in [0, 0.05) is 18.8 Å². The summed E-state index contributed by atoms with van der Waals surface area (Å²) < 4.78 is 26.7. The van der Waals surface area contributed by atoms with Crippen LogP contribution in [0.2, 0.25) is 0 Å². The van der Waals surface area contributed by atoms with Crippen LogP contribution in [0.25, 0.3) is 0 Å². The normalized spacial score (nSPS) is 17.8. The number of carbonyl (C=O) groups is 1. The van der Waals surface area contributed by atoms with Crippen molar-refractivity contribution in [2.24, 2.45) is 5.92 Å². The minimum absolute atomic E-state index is 0.181. The van der Waals surface area contributed by atoms with Gasteiger partial charge in [0.05, 0.1) is 10.5 Å². The highest BCUT2D eigenvalue weighted by Gasteiger charge is 2.31. The van der Waals surface area contributed by atoms with Crippen LogP contribution in [0.3, 0.4) is 0 Å². The number of piperidine rings is 1. The van der Waals surface area contributed by atoms with E-state index in [4.69, 9.17) is 5.73 Å². The zero-order chi connectivity index (χ0) is 15.6. The summed E-state index contributed by atoms with van der Waals surface area (Å²) in [7, 11) is -3.79. The van der Waals surface area contributed by atoms with Gasteiger partial charge in [-0.1, -0.05) is 13.3 Å². The van der Waals surface area contributed by atoms with E-state index in [0.717, 1.165) is 19.3 Å². The van der Waals surface area contributed by atoms with Crippen molar-refractivity contribution in [2.75, 3.05) is 18.8 Å². The molecule has 0 saturated carbocycles. The van der Waals surface area contributed by atoms with Gasteiger partial charge in [-0.05, 0) is 37.0 Å². The van der Waals surface area contributed by atoms with Crippen LogP contribution < -0.4 is 5.73 Å². The van der Waals surface area contributed by atoms with Gasteiger partial charge >= 0.3 is 5.97 Å². The molecule has 0 aliphatic carbocycles. The van der Waals surface area contributed by atoms with Crippen LogP contribution in [-0.2, 0) is 10.0 Å². The van der Waals surface area contributed by atoms with Gasteiger partial charge in [0.2, 0.25) is 10.0 Å². The van der Waals surface area contributed by atoms with Gasteiger partial charge in [0.15, 0.2) is 0 Å². The fraction of sp³-hybridized carbons (Fsp3) is 0.500. The van der Waals surface area contributed by atoms with Gasteiger partial charge in [-0.15, -0.1) is 0 Å². The summed E-state index contributed by atoms with van der Waals surface area (Å²) in [5, 5.41) is 9.19. The molecule has 1 aliphatic heterocycles. The molecule has 6 nitrogen and oxygen atoms in total. The first-order valence-electron chi connectivity index (χ1n) is 6.99. The van der Waals surface area contributed by atoms with Gasteiger partial charge in [-0.3, -0.25) is 0 Å².